The number of aliphatic hydroxyl groups is 1. The van der Waals surface area contributed by atoms with E-state index in [9.17, 15) is 5.11 Å². The standard InChI is InChI=1S/C12H25NO/c1-9(2)12(14)8-13-10(3)6-5-7-11(13)4/h9-12,14H,5-8H2,1-4H3. The summed E-state index contributed by atoms with van der Waals surface area (Å²) >= 11 is 0. The number of rotatable bonds is 3. The largest absolute Gasteiger partial charge is 0.392 e. The summed E-state index contributed by atoms with van der Waals surface area (Å²) < 4.78 is 0. The SMILES string of the molecule is CC(C)C(O)CN1C(C)CCCC1C. The Morgan fingerprint density at radius 1 is 1.21 bits per heavy atom. The second kappa shape index (κ2) is 5.13. The highest BCUT2D eigenvalue weighted by molar-refractivity contribution is 4.81. The van der Waals surface area contributed by atoms with Gasteiger partial charge in [-0.2, -0.15) is 0 Å². The predicted octanol–water partition coefficient (Wildman–Crippen LogP) is 2.27. The van der Waals surface area contributed by atoms with Gasteiger partial charge < -0.3 is 5.11 Å². The van der Waals surface area contributed by atoms with Crippen LogP contribution < -0.4 is 0 Å². The van der Waals surface area contributed by atoms with Crippen LogP contribution in [0.4, 0.5) is 0 Å². The molecule has 0 amide bonds. The molecule has 1 heterocycles. The Hall–Kier alpha value is -0.0800. The summed E-state index contributed by atoms with van der Waals surface area (Å²) in [6.07, 6.45) is 3.75. The van der Waals surface area contributed by atoms with E-state index >= 15 is 0 Å². The summed E-state index contributed by atoms with van der Waals surface area (Å²) in [5.74, 6) is 0.372. The van der Waals surface area contributed by atoms with E-state index in [1.54, 1.807) is 0 Å². The van der Waals surface area contributed by atoms with Crippen molar-refractivity contribution in [1.29, 1.82) is 0 Å². The first-order chi connectivity index (χ1) is 6.52. The summed E-state index contributed by atoms with van der Waals surface area (Å²) in [5.41, 5.74) is 0. The zero-order valence-corrected chi connectivity index (χ0v) is 10.0. The molecule has 0 saturated carbocycles. The van der Waals surface area contributed by atoms with Crippen molar-refractivity contribution in [3.63, 3.8) is 0 Å². The molecule has 2 nitrogen and oxygen atoms in total. The van der Waals surface area contributed by atoms with Crippen LogP contribution in [0.25, 0.3) is 0 Å². The molecule has 1 saturated heterocycles. The van der Waals surface area contributed by atoms with Gasteiger partial charge in [0.2, 0.25) is 0 Å². The van der Waals surface area contributed by atoms with Crippen LogP contribution >= 0.6 is 0 Å². The quantitative estimate of drug-likeness (QED) is 0.753. The van der Waals surface area contributed by atoms with Gasteiger partial charge in [0.1, 0.15) is 0 Å². The molecular weight excluding hydrogens is 174 g/mol. The molecule has 0 aromatic heterocycles. The maximum Gasteiger partial charge on any atom is 0.0690 e. The van der Waals surface area contributed by atoms with Crippen LogP contribution in [-0.4, -0.2) is 34.7 Å². The van der Waals surface area contributed by atoms with E-state index in [0.717, 1.165) is 6.54 Å². The predicted molar refractivity (Wildman–Crippen MR) is 60.3 cm³/mol. The van der Waals surface area contributed by atoms with Gasteiger partial charge in [-0.1, -0.05) is 20.3 Å². The number of hydrogen-bond acceptors (Lipinski definition) is 2. The van der Waals surface area contributed by atoms with Crippen LogP contribution in [0.5, 0.6) is 0 Å². The van der Waals surface area contributed by atoms with Crippen LogP contribution in [0.2, 0.25) is 0 Å². The number of likely N-dealkylation sites (tertiary alicyclic amines) is 1. The molecule has 0 aromatic rings. The van der Waals surface area contributed by atoms with E-state index in [4.69, 9.17) is 0 Å². The molecule has 1 N–H and O–H groups in total. The van der Waals surface area contributed by atoms with Crippen molar-refractivity contribution < 1.29 is 5.11 Å². The fraction of sp³-hybridized carbons (Fsp3) is 1.00. The van der Waals surface area contributed by atoms with Gasteiger partial charge >= 0.3 is 0 Å². The molecule has 0 aromatic carbocycles. The van der Waals surface area contributed by atoms with Gasteiger partial charge in [-0.25, -0.2) is 0 Å². The molecule has 14 heavy (non-hydrogen) atoms. The van der Waals surface area contributed by atoms with Crippen LogP contribution in [0.3, 0.4) is 0 Å². The van der Waals surface area contributed by atoms with Crippen LogP contribution in [0.15, 0.2) is 0 Å². The van der Waals surface area contributed by atoms with Crippen LogP contribution in [0.1, 0.15) is 47.0 Å². The van der Waals surface area contributed by atoms with E-state index in [2.05, 4.69) is 32.6 Å². The van der Waals surface area contributed by atoms with Crippen molar-refractivity contribution in [2.24, 2.45) is 5.92 Å². The monoisotopic (exact) mass is 199 g/mol. The Balaban J connectivity index is 2.47. The van der Waals surface area contributed by atoms with Gasteiger partial charge in [0.05, 0.1) is 6.10 Å². The highest BCUT2D eigenvalue weighted by Crippen LogP contribution is 2.23. The molecule has 0 aliphatic carbocycles. The first kappa shape index (κ1) is 12.0. The average Bonchev–Trinajstić information content (AvgIpc) is 2.11. The highest BCUT2D eigenvalue weighted by Gasteiger charge is 2.26. The number of β-amino-alcohol motifs (C(OH)–C–C–N with tert-alkyl or cyclic N) is 1. The first-order valence-electron chi connectivity index (χ1n) is 5.96. The van der Waals surface area contributed by atoms with Crippen molar-refractivity contribution in [3.05, 3.63) is 0 Å². The molecule has 84 valence electrons. The van der Waals surface area contributed by atoms with Gasteiger partial charge in [0.25, 0.3) is 0 Å². The van der Waals surface area contributed by atoms with Crippen molar-refractivity contribution in [3.8, 4) is 0 Å². The third kappa shape index (κ3) is 2.96. The van der Waals surface area contributed by atoms with E-state index in [1.807, 2.05) is 0 Å². The Morgan fingerprint density at radius 2 is 1.71 bits per heavy atom. The van der Waals surface area contributed by atoms with Gasteiger partial charge in [0.15, 0.2) is 0 Å². The lowest BCUT2D eigenvalue weighted by Gasteiger charge is -2.40. The van der Waals surface area contributed by atoms with Gasteiger partial charge in [-0.15, -0.1) is 0 Å². The minimum atomic E-state index is -0.169. The second-order valence-corrected chi connectivity index (χ2v) is 5.14. The number of piperidine rings is 1. The molecule has 0 spiro atoms. The molecule has 2 heteroatoms. The third-order valence-electron chi connectivity index (χ3n) is 3.54. The lowest BCUT2D eigenvalue weighted by molar-refractivity contribution is 0.0223. The molecular formula is C12H25NO. The van der Waals surface area contributed by atoms with Crippen LogP contribution in [0, 0.1) is 5.92 Å². The van der Waals surface area contributed by atoms with E-state index in [-0.39, 0.29) is 6.10 Å². The second-order valence-electron chi connectivity index (χ2n) is 5.14. The molecule has 0 radical (unpaired) electrons. The summed E-state index contributed by atoms with van der Waals surface area (Å²) in [5, 5.41) is 9.87. The Kier molecular flexibility index (Phi) is 4.39. The molecule has 3 atom stereocenters. The number of hydrogen-bond donors (Lipinski definition) is 1. The zero-order chi connectivity index (χ0) is 10.7. The topological polar surface area (TPSA) is 23.5 Å². The summed E-state index contributed by atoms with van der Waals surface area (Å²) in [4.78, 5) is 2.47. The average molecular weight is 199 g/mol. The lowest BCUT2D eigenvalue weighted by atomic mass is 9.95. The minimum absolute atomic E-state index is 0.169. The number of nitrogens with zero attached hydrogens (tertiary/aromatic N) is 1. The molecule has 1 aliphatic heterocycles. The van der Waals surface area contributed by atoms with E-state index in [1.165, 1.54) is 19.3 Å². The first-order valence-corrected chi connectivity index (χ1v) is 5.96. The minimum Gasteiger partial charge on any atom is -0.392 e. The van der Waals surface area contributed by atoms with E-state index < -0.39 is 0 Å². The lowest BCUT2D eigenvalue weighted by Crippen LogP contribution is -2.48. The maximum atomic E-state index is 9.87. The molecule has 1 fully saturated rings. The van der Waals surface area contributed by atoms with Crippen LogP contribution in [-0.2, 0) is 0 Å². The molecule has 1 aliphatic rings. The molecule has 3 unspecified atom stereocenters. The highest BCUT2D eigenvalue weighted by atomic mass is 16.3. The summed E-state index contributed by atoms with van der Waals surface area (Å²) in [6.45, 7) is 9.58. The molecule has 1 rings (SSSR count). The van der Waals surface area contributed by atoms with Gasteiger partial charge in [-0.3, -0.25) is 4.90 Å². The molecule has 0 bridgehead atoms. The van der Waals surface area contributed by atoms with Crippen molar-refractivity contribution in [1.82, 2.24) is 4.90 Å². The smallest absolute Gasteiger partial charge is 0.0690 e. The fourth-order valence-electron chi connectivity index (χ4n) is 2.26. The van der Waals surface area contributed by atoms with Gasteiger partial charge in [0, 0.05) is 18.6 Å². The zero-order valence-electron chi connectivity index (χ0n) is 10.0. The van der Waals surface area contributed by atoms with Gasteiger partial charge in [-0.05, 0) is 32.6 Å². The Bertz CT molecular complexity index is 160. The van der Waals surface area contributed by atoms with Crippen molar-refractivity contribution in [2.75, 3.05) is 6.54 Å². The third-order valence-corrected chi connectivity index (χ3v) is 3.54. The van der Waals surface area contributed by atoms with Crippen molar-refractivity contribution >= 4 is 0 Å². The summed E-state index contributed by atoms with van der Waals surface area (Å²) in [7, 11) is 0. The fourth-order valence-corrected chi connectivity index (χ4v) is 2.26. The maximum absolute atomic E-state index is 9.87. The Morgan fingerprint density at radius 3 is 2.14 bits per heavy atom. The van der Waals surface area contributed by atoms with Crippen molar-refractivity contribution in [2.45, 2.75) is 65.1 Å². The Labute approximate surface area is 88.3 Å². The van der Waals surface area contributed by atoms with E-state index in [0.29, 0.717) is 18.0 Å². The number of aliphatic hydroxyl groups excluding tert-OH is 1. The summed E-state index contributed by atoms with van der Waals surface area (Å²) in [6, 6.07) is 1.29. The normalized spacial score (nSPS) is 32.1.